The molecule has 3 aromatic rings. The van der Waals surface area contributed by atoms with Crippen LogP contribution >= 0.6 is 27.3 Å². The third-order valence-electron chi connectivity index (χ3n) is 4.12. The van der Waals surface area contributed by atoms with Gasteiger partial charge in [-0.15, -0.1) is 11.3 Å². The first-order valence-corrected chi connectivity index (χ1v) is 10.7. The van der Waals surface area contributed by atoms with Crippen molar-refractivity contribution in [3.05, 3.63) is 51.1 Å². The topological polar surface area (TPSA) is 64.0 Å². The Morgan fingerprint density at radius 1 is 1.16 bits per heavy atom. The number of thiazole rings is 1. The maximum Gasteiger partial charge on any atom is 0.263 e. The molecule has 25 heavy (non-hydrogen) atoms. The zero-order valence-electron chi connectivity index (χ0n) is 14.3. The van der Waals surface area contributed by atoms with E-state index in [2.05, 4.69) is 25.6 Å². The molecule has 0 spiro atoms. The summed E-state index contributed by atoms with van der Waals surface area (Å²) in [6.45, 7) is 5.77. The number of benzene rings is 1. The van der Waals surface area contributed by atoms with Crippen molar-refractivity contribution in [2.75, 3.05) is 4.72 Å². The lowest BCUT2D eigenvalue weighted by Gasteiger charge is -2.08. The number of hydrogen-bond donors (Lipinski definition) is 1. The fourth-order valence-electron chi connectivity index (χ4n) is 2.46. The summed E-state index contributed by atoms with van der Waals surface area (Å²) in [7, 11) is -1.82. The number of sulfonamides is 1. The fourth-order valence-corrected chi connectivity index (χ4v) is 5.04. The Balaban J connectivity index is 2.02. The average Bonchev–Trinajstić information content (AvgIpc) is 3.03. The van der Waals surface area contributed by atoms with Gasteiger partial charge in [-0.1, -0.05) is 15.9 Å². The Labute approximate surface area is 159 Å². The Hall–Kier alpha value is -1.64. The number of aromatic nitrogens is 2. The second-order valence-electron chi connectivity index (χ2n) is 5.81. The quantitative estimate of drug-likeness (QED) is 0.643. The van der Waals surface area contributed by atoms with Gasteiger partial charge in [-0.25, -0.2) is 13.4 Å². The average molecular weight is 440 g/mol. The molecule has 0 aliphatic carbocycles. The lowest BCUT2D eigenvalue weighted by atomic mass is 10.3. The van der Waals surface area contributed by atoms with Crippen molar-refractivity contribution < 1.29 is 8.42 Å². The summed E-state index contributed by atoms with van der Waals surface area (Å²) in [5.74, 6) is 0. The van der Waals surface area contributed by atoms with Crippen LogP contribution in [0.4, 0.5) is 5.69 Å². The Morgan fingerprint density at radius 3 is 2.36 bits per heavy atom. The normalized spacial score (nSPS) is 11.7. The van der Waals surface area contributed by atoms with Gasteiger partial charge in [-0.3, -0.25) is 4.72 Å². The molecule has 0 aliphatic heterocycles. The molecular weight excluding hydrogens is 422 g/mol. The molecule has 5 nitrogen and oxygen atoms in total. The van der Waals surface area contributed by atoms with Crippen LogP contribution in [0, 0.1) is 20.8 Å². The molecule has 132 valence electrons. The summed E-state index contributed by atoms with van der Waals surface area (Å²) in [5.41, 5.74) is 2.96. The van der Waals surface area contributed by atoms with Crippen LogP contribution in [-0.4, -0.2) is 18.0 Å². The summed E-state index contributed by atoms with van der Waals surface area (Å²) in [5, 5.41) is 0.825. The fraction of sp³-hybridized carbons (Fsp3) is 0.235. The van der Waals surface area contributed by atoms with Crippen molar-refractivity contribution in [1.29, 1.82) is 0 Å². The van der Waals surface area contributed by atoms with Crippen LogP contribution < -0.4 is 4.72 Å². The van der Waals surface area contributed by atoms with E-state index in [1.54, 1.807) is 48.6 Å². The van der Waals surface area contributed by atoms with Gasteiger partial charge in [-0.05, 0) is 51.1 Å². The second kappa shape index (κ2) is 6.59. The van der Waals surface area contributed by atoms with Gasteiger partial charge in [0.2, 0.25) is 0 Å². The van der Waals surface area contributed by atoms with Crippen LogP contribution in [-0.2, 0) is 17.1 Å². The van der Waals surface area contributed by atoms with Gasteiger partial charge in [0.05, 0.1) is 11.4 Å². The molecule has 0 saturated heterocycles. The highest BCUT2D eigenvalue weighted by Crippen LogP contribution is 2.32. The van der Waals surface area contributed by atoms with Crippen molar-refractivity contribution in [1.82, 2.24) is 9.55 Å². The first-order valence-electron chi connectivity index (χ1n) is 7.58. The Kier molecular flexibility index (Phi) is 4.78. The van der Waals surface area contributed by atoms with Crippen molar-refractivity contribution in [3.63, 3.8) is 0 Å². The van der Waals surface area contributed by atoms with Gasteiger partial charge >= 0.3 is 0 Å². The van der Waals surface area contributed by atoms with Crippen LogP contribution in [0.3, 0.4) is 0 Å². The molecule has 0 fully saturated rings. The highest BCUT2D eigenvalue weighted by Gasteiger charge is 2.23. The molecule has 2 aromatic heterocycles. The maximum absolute atomic E-state index is 12.8. The van der Waals surface area contributed by atoms with E-state index in [0.717, 1.165) is 25.7 Å². The number of halogens is 1. The number of hydrogen-bond acceptors (Lipinski definition) is 4. The summed E-state index contributed by atoms with van der Waals surface area (Å²) in [6, 6.07) is 8.71. The Bertz CT molecular complexity index is 1020. The van der Waals surface area contributed by atoms with Gasteiger partial charge in [0, 0.05) is 27.8 Å². The number of rotatable bonds is 4. The van der Waals surface area contributed by atoms with Crippen LogP contribution in [0.15, 0.2) is 39.7 Å². The zero-order valence-corrected chi connectivity index (χ0v) is 17.5. The van der Waals surface area contributed by atoms with E-state index in [1.807, 2.05) is 25.5 Å². The van der Waals surface area contributed by atoms with Gasteiger partial charge in [0.15, 0.2) is 0 Å². The van der Waals surface area contributed by atoms with E-state index < -0.39 is 10.0 Å². The molecule has 0 amide bonds. The number of nitrogens with one attached hydrogen (secondary N) is 1. The molecule has 1 N–H and O–H groups in total. The number of anilines is 1. The predicted molar refractivity (Wildman–Crippen MR) is 106 cm³/mol. The maximum atomic E-state index is 12.8. The molecule has 8 heteroatoms. The molecule has 2 heterocycles. The van der Waals surface area contributed by atoms with Crippen molar-refractivity contribution in [2.24, 2.45) is 7.05 Å². The van der Waals surface area contributed by atoms with Crippen LogP contribution in [0.2, 0.25) is 0 Å². The zero-order chi connectivity index (χ0) is 18.4. The van der Waals surface area contributed by atoms with E-state index in [4.69, 9.17) is 0 Å². The van der Waals surface area contributed by atoms with Crippen LogP contribution in [0.1, 0.15) is 16.3 Å². The molecule has 0 unspecified atom stereocenters. The molecule has 0 radical (unpaired) electrons. The minimum atomic E-state index is -3.68. The lowest BCUT2D eigenvalue weighted by molar-refractivity contribution is 0.600. The van der Waals surface area contributed by atoms with E-state index in [9.17, 15) is 8.42 Å². The van der Waals surface area contributed by atoms with Crippen molar-refractivity contribution >= 4 is 43.0 Å². The van der Waals surface area contributed by atoms with E-state index >= 15 is 0 Å². The first-order chi connectivity index (χ1) is 11.7. The summed E-state index contributed by atoms with van der Waals surface area (Å²) >= 11 is 4.91. The third kappa shape index (κ3) is 3.51. The Morgan fingerprint density at radius 2 is 1.80 bits per heavy atom. The summed E-state index contributed by atoms with van der Waals surface area (Å²) in [4.78, 5) is 5.94. The summed E-state index contributed by atoms with van der Waals surface area (Å²) in [6.07, 6.45) is 0. The monoisotopic (exact) mass is 439 g/mol. The molecule has 3 rings (SSSR count). The molecule has 0 saturated carbocycles. The van der Waals surface area contributed by atoms with Gasteiger partial charge < -0.3 is 4.57 Å². The molecule has 0 bridgehead atoms. The minimum Gasteiger partial charge on any atom is -0.345 e. The molecule has 1 aromatic carbocycles. The molecular formula is C17H18BrN3O2S2. The minimum absolute atomic E-state index is 0.262. The van der Waals surface area contributed by atoms with E-state index in [-0.39, 0.29) is 4.90 Å². The predicted octanol–water partition coefficient (Wildman–Crippen LogP) is 4.64. The van der Waals surface area contributed by atoms with Gasteiger partial charge in [0.25, 0.3) is 10.0 Å². The van der Waals surface area contributed by atoms with Crippen LogP contribution in [0.5, 0.6) is 0 Å². The number of aryl methyl sites for hydroxylation is 2. The van der Waals surface area contributed by atoms with Crippen molar-refractivity contribution in [2.45, 2.75) is 25.7 Å². The summed E-state index contributed by atoms with van der Waals surface area (Å²) < 4.78 is 31.0. The highest BCUT2D eigenvalue weighted by molar-refractivity contribution is 9.10. The largest absolute Gasteiger partial charge is 0.345 e. The van der Waals surface area contributed by atoms with E-state index in [0.29, 0.717) is 11.4 Å². The lowest BCUT2D eigenvalue weighted by Crippen LogP contribution is -2.13. The smallest absolute Gasteiger partial charge is 0.263 e. The highest BCUT2D eigenvalue weighted by atomic mass is 79.9. The number of nitrogens with zero attached hydrogens (tertiary/aromatic N) is 2. The van der Waals surface area contributed by atoms with Crippen LogP contribution in [0.25, 0.3) is 10.7 Å². The second-order valence-corrected chi connectivity index (χ2v) is 9.58. The molecule has 0 atom stereocenters. The third-order valence-corrected chi connectivity index (χ3v) is 7.24. The van der Waals surface area contributed by atoms with Gasteiger partial charge in [-0.2, -0.15) is 0 Å². The van der Waals surface area contributed by atoms with Gasteiger partial charge in [0.1, 0.15) is 9.90 Å². The first kappa shape index (κ1) is 18.2. The van der Waals surface area contributed by atoms with E-state index in [1.165, 1.54) is 0 Å². The SMILES string of the molecule is Cc1nc(-c2cc(S(=O)(=O)Nc3ccc(Br)cc3)c(C)n2C)sc1C. The standard InChI is InChI=1S/C17H18BrN3O2S2/c1-10-12(3)24-17(19-10)15-9-16(11(2)21(15)4)25(22,23)20-14-7-5-13(18)6-8-14/h5-9,20H,1-4H3. The molecule has 0 aliphatic rings. The van der Waals surface area contributed by atoms with Crippen molar-refractivity contribution in [3.8, 4) is 10.7 Å².